The van der Waals surface area contributed by atoms with Gasteiger partial charge in [0.25, 0.3) is 5.56 Å². The summed E-state index contributed by atoms with van der Waals surface area (Å²) < 4.78 is 3.84. The van der Waals surface area contributed by atoms with E-state index < -0.39 is 11.2 Å². The molecule has 0 unspecified atom stereocenters. The van der Waals surface area contributed by atoms with Crippen LogP contribution in [0.5, 0.6) is 0 Å². The van der Waals surface area contributed by atoms with E-state index in [9.17, 15) is 9.59 Å². The highest BCUT2D eigenvalue weighted by Gasteiger charge is 2.21. The maximum atomic E-state index is 13.5. The van der Waals surface area contributed by atoms with Crippen molar-refractivity contribution in [3.63, 3.8) is 0 Å². The lowest BCUT2D eigenvalue weighted by atomic mass is 10.2. The second-order valence-corrected chi connectivity index (χ2v) is 7.56. The summed E-state index contributed by atoms with van der Waals surface area (Å²) in [5.41, 5.74) is 1.18. The lowest BCUT2D eigenvalue weighted by Crippen LogP contribution is -2.42. The summed E-state index contributed by atoms with van der Waals surface area (Å²) in [6, 6.07) is 4.99. The Kier molecular flexibility index (Phi) is 4.98. The minimum Gasteiger partial charge on any atom is -0.284 e. The van der Waals surface area contributed by atoms with E-state index in [-0.39, 0.29) is 12.2 Å². The smallest absolute Gasteiger partial charge is 0.284 e. The largest absolute Gasteiger partial charge is 0.336 e. The van der Waals surface area contributed by atoms with Gasteiger partial charge < -0.3 is 0 Å². The van der Waals surface area contributed by atoms with Crippen LogP contribution < -0.4 is 11.2 Å². The van der Waals surface area contributed by atoms with Crippen molar-refractivity contribution in [3.05, 3.63) is 78.9 Å². The van der Waals surface area contributed by atoms with E-state index >= 15 is 0 Å². The number of rotatable bonds is 3. The summed E-state index contributed by atoms with van der Waals surface area (Å²) in [6.07, 6.45) is 10.1. The molecule has 3 aromatic heterocycles. The van der Waals surface area contributed by atoms with Gasteiger partial charge in [-0.05, 0) is 37.6 Å². The Balaban J connectivity index is 2.14. The molecule has 7 nitrogen and oxygen atoms in total. The highest BCUT2D eigenvalue weighted by molar-refractivity contribution is 6.42. The van der Waals surface area contributed by atoms with Crippen molar-refractivity contribution in [2.75, 3.05) is 0 Å². The summed E-state index contributed by atoms with van der Waals surface area (Å²) in [5, 5.41) is 5.75. The van der Waals surface area contributed by atoms with Crippen LogP contribution in [0.15, 0.2) is 46.4 Å². The number of terminal acetylenes is 1. The fourth-order valence-electron chi connectivity index (χ4n) is 3.35. The molecule has 4 aromatic rings. The molecule has 150 valence electrons. The standard InChI is InChI=1S/C21H15Cl2N5O2/c1-4-5-26-13(3)19(28-18-8-17(23)16(22)7-14(18)10-25-28)20(29)27(21(26)30)15-6-12(2)9-24-11-15/h1,6-11H,5H2,2-3H3. The number of hydrogen-bond donors (Lipinski definition) is 0. The highest BCUT2D eigenvalue weighted by atomic mass is 35.5. The number of pyridine rings is 1. The third-order valence-electron chi connectivity index (χ3n) is 4.77. The van der Waals surface area contributed by atoms with E-state index in [0.29, 0.717) is 32.3 Å². The summed E-state index contributed by atoms with van der Waals surface area (Å²) in [4.78, 5) is 30.8. The molecule has 0 amide bonds. The highest BCUT2D eigenvalue weighted by Crippen LogP contribution is 2.29. The van der Waals surface area contributed by atoms with Crippen LogP contribution in [0.3, 0.4) is 0 Å². The number of halogens is 2. The van der Waals surface area contributed by atoms with E-state index in [2.05, 4.69) is 16.0 Å². The van der Waals surface area contributed by atoms with Gasteiger partial charge >= 0.3 is 5.69 Å². The second kappa shape index (κ2) is 7.48. The molecule has 0 atom stereocenters. The van der Waals surface area contributed by atoms with Crippen LogP contribution in [0, 0.1) is 26.2 Å². The normalized spacial score (nSPS) is 11.0. The van der Waals surface area contributed by atoms with Crippen LogP contribution in [0.2, 0.25) is 10.0 Å². The zero-order valence-corrected chi connectivity index (χ0v) is 17.6. The fraction of sp³-hybridized carbons (Fsp3) is 0.143. The fourth-order valence-corrected chi connectivity index (χ4v) is 3.68. The van der Waals surface area contributed by atoms with Crippen LogP contribution in [0.25, 0.3) is 22.3 Å². The summed E-state index contributed by atoms with van der Waals surface area (Å²) in [6.45, 7) is 3.46. The van der Waals surface area contributed by atoms with Crippen molar-refractivity contribution in [1.82, 2.24) is 23.9 Å². The van der Waals surface area contributed by atoms with Crippen molar-refractivity contribution in [2.24, 2.45) is 0 Å². The Morgan fingerprint density at radius 2 is 1.80 bits per heavy atom. The van der Waals surface area contributed by atoms with Gasteiger partial charge in [-0.3, -0.25) is 14.3 Å². The average Bonchev–Trinajstić information content (AvgIpc) is 3.08. The number of aryl methyl sites for hydroxylation is 1. The number of fused-ring (bicyclic) bond motifs is 1. The first-order valence-corrected chi connectivity index (χ1v) is 9.64. The Morgan fingerprint density at radius 1 is 1.07 bits per heavy atom. The minimum atomic E-state index is -0.552. The Hall–Kier alpha value is -3.34. The first-order chi connectivity index (χ1) is 14.3. The zero-order valence-electron chi connectivity index (χ0n) is 16.1. The van der Waals surface area contributed by atoms with Gasteiger partial charge in [0.05, 0.1) is 45.9 Å². The molecule has 0 saturated carbocycles. The Morgan fingerprint density at radius 3 is 2.50 bits per heavy atom. The van der Waals surface area contributed by atoms with Gasteiger partial charge in [0.15, 0.2) is 5.69 Å². The van der Waals surface area contributed by atoms with Crippen molar-refractivity contribution in [2.45, 2.75) is 20.4 Å². The van der Waals surface area contributed by atoms with Gasteiger partial charge in [0, 0.05) is 11.6 Å². The molecule has 0 aliphatic heterocycles. The molecule has 1 aromatic carbocycles. The summed E-state index contributed by atoms with van der Waals surface area (Å²) in [5.74, 6) is 2.47. The molecular formula is C21H15Cl2N5O2. The van der Waals surface area contributed by atoms with Crippen LogP contribution in [0.1, 0.15) is 11.3 Å². The molecule has 0 fully saturated rings. The average molecular weight is 440 g/mol. The zero-order chi connectivity index (χ0) is 21.6. The molecule has 0 N–H and O–H groups in total. The van der Waals surface area contributed by atoms with Crippen LogP contribution >= 0.6 is 23.2 Å². The van der Waals surface area contributed by atoms with Crippen molar-refractivity contribution >= 4 is 34.1 Å². The first kappa shape index (κ1) is 20.0. The molecule has 0 bridgehead atoms. The SMILES string of the molecule is C#CCn1c(C)c(-n2ncc3cc(Cl)c(Cl)cc32)c(=O)n(-c2cncc(C)c2)c1=O. The maximum absolute atomic E-state index is 13.5. The molecule has 30 heavy (non-hydrogen) atoms. The van der Waals surface area contributed by atoms with Crippen LogP contribution in [-0.2, 0) is 6.54 Å². The van der Waals surface area contributed by atoms with E-state index in [1.165, 1.54) is 15.4 Å². The molecular weight excluding hydrogens is 425 g/mol. The van der Waals surface area contributed by atoms with E-state index in [4.69, 9.17) is 29.6 Å². The Labute approximate surface area is 181 Å². The van der Waals surface area contributed by atoms with Gasteiger partial charge in [-0.25, -0.2) is 14.0 Å². The predicted molar refractivity (Wildman–Crippen MR) is 117 cm³/mol. The van der Waals surface area contributed by atoms with Crippen molar-refractivity contribution in [3.8, 4) is 23.7 Å². The summed E-state index contributed by atoms with van der Waals surface area (Å²) in [7, 11) is 0. The molecule has 4 rings (SSSR count). The lowest BCUT2D eigenvalue weighted by molar-refractivity contribution is 0.661. The molecule has 3 heterocycles. The third-order valence-corrected chi connectivity index (χ3v) is 5.49. The molecule has 0 radical (unpaired) electrons. The monoisotopic (exact) mass is 439 g/mol. The van der Waals surface area contributed by atoms with Gasteiger partial charge in [0.2, 0.25) is 0 Å². The molecule has 0 aliphatic carbocycles. The predicted octanol–water partition coefficient (Wildman–Crippen LogP) is 3.29. The van der Waals surface area contributed by atoms with E-state index in [0.717, 1.165) is 10.1 Å². The van der Waals surface area contributed by atoms with Crippen LogP contribution in [-0.4, -0.2) is 23.9 Å². The molecule has 0 aliphatic rings. The topological polar surface area (TPSA) is 74.7 Å². The third kappa shape index (κ3) is 3.11. The van der Waals surface area contributed by atoms with Crippen molar-refractivity contribution < 1.29 is 0 Å². The van der Waals surface area contributed by atoms with E-state index in [1.807, 2.05) is 6.92 Å². The number of hydrogen-bond acceptors (Lipinski definition) is 4. The summed E-state index contributed by atoms with van der Waals surface area (Å²) >= 11 is 12.3. The molecule has 0 saturated heterocycles. The lowest BCUT2D eigenvalue weighted by Gasteiger charge is -2.16. The molecule has 9 heteroatoms. The van der Waals surface area contributed by atoms with E-state index in [1.54, 1.807) is 37.5 Å². The number of benzene rings is 1. The number of aromatic nitrogens is 5. The van der Waals surface area contributed by atoms with Gasteiger partial charge in [-0.1, -0.05) is 29.1 Å². The quantitative estimate of drug-likeness (QED) is 0.459. The first-order valence-electron chi connectivity index (χ1n) is 8.88. The Bertz CT molecular complexity index is 1470. The van der Waals surface area contributed by atoms with Gasteiger partial charge in [0.1, 0.15) is 0 Å². The number of nitrogens with zero attached hydrogens (tertiary/aromatic N) is 5. The minimum absolute atomic E-state index is 0.0109. The van der Waals surface area contributed by atoms with Gasteiger partial charge in [-0.15, -0.1) is 6.42 Å². The van der Waals surface area contributed by atoms with Gasteiger partial charge in [-0.2, -0.15) is 5.10 Å². The maximum Gasteiger partial charge on any atom is 0.336 e. The molecule has 0 spiro atoms. The second-order valence-electron chi connectivity index (χ2n) is 6.75. The van der Waals surface area contributed by atoms with Crippen molar-refractivity contribution in [1.29, 1.82) is 0 Å². The van der Waals surface area contributed by atoms with Crippen LogP contribution in [0.4, 0.5) is 0 Å².